The molecule has 3 aromatic rings. The topological polar surface area (TPSA) is 57.8 Å². The van der Waals surface area contributed by atoms with E-state index in [0.717, 1.165) is 34.8 Å². The van der Waals surface area contributed by atoms with Gasteiger partial charge in [-0.05, 0) is 30.4 Å². The van der Waals surface area contributed by atoms with Gasteiger partial charge in [0.25, 0.3) is 5.56 Å². The van der Waals surface area contributed by atoms with E-state index in [2.05, 4.69) is 15.3 Å². The van der Waals surface area contributed by atoms with Crippen molar-refractivity contribution in [3.63, 3.8) is 0 Å². The highest BCUT2D eigenvalue weighted by atomic mass is 16.1. The molecule has 22 heavy (non-hydrogen) atoms. The lowest BCUT2D eigenvalue weighted by Crippen LogP contribution is -2.09. The number of nitrogens with one attached hydrogen (secondary N) is 2. The summed E-state index contributed by atoms with van der Waals surface area (Å²) in [5.41, 5.74) is 2.01. The van der Waals surface area contributed by atoms with Crippen LogP contribution in [0.4, 0.5) is 5.82 Å². The summed E-state index contributed by atoms with van der Waals surface area (Å²) < 4.78 is 0. The van der Waals surface area contributed by atoms with Crippen LogP contribution >= 0.6 is 0 Å². The lowest BCUT2D eigenvalue weighted by molar-refractivity contribution is 0.883. The Morgan fingerprint density at radius 2 is 2.00 bits per heavy atom. The third-order valence-electron chi connectivity index (χ3n) is 4.14. The second kappa shape index (κ2) is 5.30. The molecule has 0 spiro atoms. The van der Waals surface area contributed by atoms with Crippen LogP contribution < -0.4 is 10.9 Å². The number of fused-ring (bicyclic) bond motifs is 1. The zero-order valence-electron chi connectivity index (χ0n) is 12.2. The molecule has 0 bridgehead atoms. The van der Waals surface area contributed by atoms with Crippen molar-refractivity contribution in [2.75, 3.05) is 11.9 Å². The number of aromatic amines is 1. The molecule has 0 amide bonds. The average Bonchev–Trinajstić information content (AvgIpc) is 3.38. The molecular weight excluding hydrogens is 274 g/mol. The number of anilines is 1. The highest BCUT2D eigenvalue weighted by Gasteiger charge is 2.20. The van der Waals surface area contributed by atoms with E-state index < -0.39 is 0 Å². The summed E-state index contributed by atoms with van der Waals surface area (Å²) in [4.78, 5) is 19.2. The van der Waals surface area contributed by atoms with E-state index in [-0.39, 0.29) is 5.56 Å². The monoisotopic (exact) mass is 291 g/mol. The molecule has 1 aliphatic carbocycles. The molecule has 2 aromatic heterocycles. The minimum absolute atomic E-state index is 0.101. The maximum absolute atomic E-state index is 12.0. The van der Waals surface area contributed by atoms with E-state index in [4.69, 9.17) is 0 Å². The van der Waals surface area contributed by atoms with Crippen molar-refractivity contribution >= 4 is 16.6 Å². The van der Waals surface area contributed by atoms with Gasteiger partial charge in [-0.25, -0.2) is 4.98 Å². The van der Waals surface area contributed by atoms with E-state index in [9.17, 15) is 4.79 Å². The van der Waals surface area contributed by atoms with E-state index in [1.807, 2.05) is 36.4 Å². The molecule has 0 unspecified atom stereocenters. The number of nitrogens with zero attached hydrogens (tertiary/aromatic N) is 1. The first-order chi connectivity index (χ1) is 10.8. The van der Waals surface area contributed by atoms with Gasteiger partial charge in [0.1, 0.15) is 5.82 Å². The molecule has 1 aliphatic rings. The van der Waals surface area contributed by atoms with Gasteiger partial charge in [-0.1, -0.05) is 30.3 Å². The maximum atomic E-state index is 12.0. The van der Waals surface area contributed by atoms with Gasteiger partial charge in [0.15, 0.2) is 0 Å². The van der Waals surface area contributed by atoms with Crippen LogP contribution in [0.5, 0.6) is 0 Å². The first-order valence-corrected chi connectivity index (χ1v) is 7.62. The molecule has 0 radical (unpaired) electrons. The van der Waals surface area contributed by atoms with Crippen LogP contribution in [0.2, 0.25) is 0 Å². The number of rotatable bonds is 4. The quantitative estimate of drug-likeness (QED) is 0.774. The molecule has 110 valence electrons. The largest absolute Gasteiger partial charge is 0.370 e. The Kier molecular flexibility index (Phi) is 3.15. The third kappa shape index (κ3) is 2.48. The number of benzene rings is 1. The fourth-order valence-electron chi connectivity index (χ4n) is 2.68. The molecule has 1 saturated carbocycles. The number of pyridine rings is 2. The van der Waals surface area contributed by atoms with Gasteiger partial charge < -0.3 is 10.3 Å². The number of aromatic nitrogens is 2. The van der Waals surface area contributed by atoms with Gasteiger partial charge in [0, 0.05) is 29.9 Å². The number of hydrogen-bond donors (Lipinski definition) is 2. The summed E-state index contributed by atoms with van der Waals surface area (Å²) in [6.07, 6.45) is 6.05. The van der Waals surface area contributed by atoms with Crippen LogP contribution in [0.3, 0.4) is 0 Å². The van der Waals surface area contributed by atoms with Gasteiger partial charge in [-0.2, -0.15) is 0 Å². The zero-order valence-corrected chi connectivity index (χ0v) is 12.2. The van der Waals surface area contributed by atoms with Crippen molar-refractivity contribution in [1.82, 2.24) is 9.97 Å². The van der Waals surface area contributed by atoms with Crippen molar-refractivity contribution in [3.8, 4) is 11.1 Å². The Hall–Kier alpha value is -2.62. The summed E-state index contributed by atoms with van der Waals surface area (Å²) in [5, 5.41) is 4.93. The first kappa shape index (κ1) is 13.1. The van der Waals surface area contributed by atoms with Crippen LogP contribution in [0.1, 0.15) is 12.8 Å². The lowest BCUT2D eigenvalue weighted by Gasteiger charge is -2.09. The van der Waals surface area contributed by atoms with Crippen LogP contribution in [0, 0.1) is 5.92 Å². The minimum Gasteiger partial charge on any atom is -0.370 e. The summed E-state index contributed by atoms with van der Waals surface area (Å²) >= 11 is 0. The van der Waals surface area contributed by atoms with Crippen molar-refractivity contribution in [2.45, 2.75) is 12.8 Å². The fourth-order valence-corrected chi connectivity index (χ4v) is 2.68. The highest BCUT2D eigenvalue weighted by Crippen LogP contribution is 2.30. The molecule has 0 aliphatic heterocycles. The maximum Gasteiger partial charge on any atom is 0.257 e. The highest BCUT2D eigenvalue weighted by molar-refractivity contribution is 5.96. The number of hydrogen-bond acceptors (Lipinski definition) is 3. The normalized spacial score (nSPS) is 14.2. The summed E-state index contributed by atoms with van der Waals surface area (Å²) in [5.74, 6) is 1.62. The van der Waals surface area contributed by atoms with Gasteiger partial charge in [-0.3, -0.25) is 4.79 Å². The van der Waals surface area contributed by atoms with Gasteiger partial charge in [-0.15, -0.1) is 0 Å². The Bertz CT molecular complexity index is 866. The standard InChI is InChI=1S/C18H17N3O/c22-18-16-11-20-17(19-9-12-6-7-12)8-14(16)15(10-21-18)13-4-2-1-3-5-13/h1-5,8,10-12H,6-7,9H2,(H,19,20)(H,21,22). The molecule has 1 fully saturated rings. The first-order valence-electron chi connectivity index (χ1n) is 7.62. The second-order valence-electron chi connectivity index (χ2n) is 5.84. The van der Waals surface area contributed by atoms with E-state index in [1.165, 1.54) is 12.8 Å². The Morgan fingerprint density at radius 3 is 2.77 bits per heavy atom. The third-order valence-corrected chi connectivity index (χ3v) is 4.14. The van der Waals surface area contributed by atoms with Crippen LogP contribution in [0.15, 0.2) is 53.6 Å². The zero-order chi connectivity index (χ0) is 14.9. The molecule has 2 N–H and O–H groups in total. The van der Waals surface area contributed by atoms with Crippen LogP contribution in [-0.2, 0) is 0 Å². The van der Waals surface area contributed by atoms with Crippen molar-refractivity contribution in [2.24, 2.45) is 5.92 Å². The van der Waals surface area contributed by atoms with Gasteiger partial charge >= 0.3 is 0 Å². The molecule has 4 rings (SSSR count). The van der Waals surface area contributed by atoms with Crippen molar-refractivity contribution in [3.05, 3.63) is 59.1 Å². The lowest BCUT2D eigenvalue weighted by atomic mass is 10.0. The summed E-state index contributed by atoms with van der Waals surface area (Å²) in [6, 6.07) is 12.1. The molecule has 0 saturated heterocycles. The summed E-state index contributed by atoms with van der Waals surface area (Å²) in [6.45, 7) is 0.961. The van der Waals surface area contributed by atoms with E-state index in [0.29, 0.717) is 5.39 Å². The molecule has 0 atom stereocenters. The molecule has 1 aromatic carbocycles. The smallest absolute Gasteiger partial charge is 0.257 e. The van der Waals surface area contributed by atoms with Crippen LogP contribution in [0.25, 0.3) is 21.9 Å². The van der Waals surface area contributed by atoms with Gasteiger partial charge in [0.05, 0.1) is 5.39 Å². The van der Waals surface area contributed by atoms with E-state index in [1.54, 1.807) is 12.4 Å². The Morgan fingerprint density at radius 1 is 1.18 bits per heavy atom. The molecular formula is C18H17N3O. The second-order valence-corrected chi connectivity index (χ2v) is 5.84. The Labute approximate surface area is 128 Å². The SMILES string of the molecule is O=c1[nH]cc(-c2ccccc2)c2cc(NCC3CC3)ncc12. The predicted octanol–water partition coefficient (Wildman–Crippen LogP) is 3.41. The van der Waals surface area contributed by atoms with Crippen LogP contribution in [-0.4, -0.2) is 16.5 Å². The van der Waals surface area contributed by atoms with Crippen molar-refractivity contribution in [1.29, 1.82) is 0 Å². The average molecular weight is 291 g/mol. The molecule has 4 heteroatoms. The minimum atomic E-state index is -0.101. The molecule has 4 nitrogen and oxygen atoms in total. The number of H-pyrrole nitrogens is 1. The van der Waals surface area contributed by atoms with Gasteiger partial charge in [0.2, 0.25) is 0 Å². The Balaban J connectivity index is 1.83. The molecule has 2 heterocycles. The predicted molar refractivity (Wildman–Crippen MR) is 89.0 cm³/mol. The van der Waals surface area contributed by atoms with Crippen molar-refractivity contribution < 1.29 is 0 Å². The summed E-state index contributed by atoms with van der Waals surface area (Å²) in [7, 11) is 0. The fraction of sp³-hybridized carbons (Fsp3) is 0.222. The van der Waals surface area contributed by atoms with E-state index >= 15 is 0 Å².